The van der Waals surface area contributed by atoms with Gasteiger partial charge in [-0.3, -0.25) is 80.5 Å². The van der Waals surface area contributed by atoms with Crippen LogP contribution >= 0.6 is 99.3 Å². The smallest absolute Gasteiger partial charge is 0.256 e. The molecule has 0 aliphatic heterocycles. The molecule has 63 heavy (non-hydrogen) atoms. The Morgan fingerprint density at radius 3 is 0.857 bits per heavy atom. The van der Waals surface area contributed by atoms with Gasteiger partial charge in [-0.05, 0) is 32.1 Å². The number of aliphatic imine (C=N–C) groups is 1. The SMILES string of the molecule is Cl.Cl.Cl.Cl.Cl.Cl.Cl.Cl.NNC(=O)CC[C@H](NC(=O)CC[C@H](N=C(N)N)C(=O)N[C@@H](CCC(=O)NN)C(=O)N[C@@H](CCC(=O)NN)C(=O)NN)C(=O)N[C@@H](CCC(=O)NN)C(=O)NN. The normalized spacial score (nSPS) is 11.4. The van der Waals surface area contributed by atoms with E-state index in [1.165, 1.54) is 0 Å². The Morgan fingerprint density at radius 2 is 0.587 bits per heavy atom. The lowest BCUT2D eigenvalue weighted by Crippen LogP contribution is -2.56. The number of rotatable bonds is 25. The highest BCUT2D eigenvalue weighted by molar-refractivity contribution is 5.95. The summed E-state index contributed by atoms with van der Waals surface area (Å²) in [4.78, 5) is 128. The molecule has 0 aromatic heterocycles. The van der Waals surface area contributed by atoms with E-state index in [0.717, 1.165) is 0 Å². The summed E-state index contributed by atoms with van der Waals surface area (Å²) in [5.41, 5.74) is 22.1. The van der Waals surface area contributed by atoms with Crippen molar-refractivity contribution in [2.24, 2.45) is 51.5 Å². The average molecular weight is 1080 g/mol. The zero-order chi connectivity index (χ0) is 42.1. The van der Waals surface area contributed by atoms with Crippen LogP contribution in [0.25, 0.3) is 0 Å². The van der Waals surface area contributed by atoms with Gasteiger partial charge >= 0.3 is 0 Å². The summed E-state index contributed by atoms with van der Waals surface area (Å²) < 4.78 is 0. The van der Waals surface area contributed by atoms with Gasteiger partial charge in [-0.15, -0.1) is 99.3 Å². The monoisotopic (exact) mass is 1080 g/mol. The van der Waals surface area contributed by atoms with Gasteiger partial charge in [0.1, 0.15) is 30.2 Å². The Morgan fingerprint density at radius 1 is 0.333 bits per heavy atom. The van der Waals surface area contributed by atoms with Crippen LogP contribution in [0.1, 0.15) is 64.2 Å². The average Bonchev–Trinajstić information content (AvgIpc) is 3.17. The van der Waals surface area contributed by atoms with Gasteiger partial charge in [0.05, 0.1) is 0 Å². The predicted molar refractivity (Wildman–Crippen MR) is 245 cm³/mol. The quantitative estimate of drug-likeness (QED) is 0.0133. The molecule has 0 saturated heterocycles. The maximum Gasteiger partial charge on any atom is 0.256 e. The standard InChI is InChI=1S/C26H51N19O10.8ClH/c27-26(28)39-13(23(53)36-12(3-8-18(48)41-30)22(52)38-15(25(55)45-34)5-10-20(50)43-32)1-6-16(46)35-11(2-7-17(47)40-29)21(51)37-14(24(54)44-33)4-9-19(49)42-31;;;;;;;;/h11-15H,1-10,29-34H2,(H,35,46)(H,36,53)(H,37,51)(H,38,52)(H,40,47)(H,41,48)(H,42,49)(H,43,50)(H,44,54)(H,45,55)(H4,27,28,39);8*1H/t11-,12-,13-,14-,15-;;;;;;;;/m0......../s1. The molecule has 0 unspecified atom stereocenters. The highest BCUT2D eigenvalue weighted by Gasteiger charge is 2.31. The summed E-state index contributed by atoms with van der Waals surface area (Å²) >= 11 is 0. The van der Waals surface area contributed by atoms with Gasteiger partial charge in [-0.25, -0.2) is 40.0 Å². The van der Waals surface area contributed by atoms with E-state index in [9.17, 15) is 47.9 Å². The van der Waals surface area contributed by atoms with Crippen LogP contribution < -0.4 is 100 Å². The number of carbonyl (C=O) groups is 10. The minimum atomic E-state index is -1.56. The van der Waals surface area contributed by atoms with Crippen LogP contribution in [0, 0.1) is 0 Å². The Kier molecular flexibility index (Phi) is 56.3. The number of halogens is 8. The van der Waals surface area contributed by atoms with Crippen molar-refractivity contribution in [2.45, 2.75) is 94.4 Å². The summed E-state index contributed by atoms with van der Waals surface area (Å²) in [6, 6.07) is -7.37. The Labute approximate surface area is 410 Å². The third-order valence-corrected chi connectivity index (χ3v) is 7.37. The van der Waals surface area contributed by atoms with E-state index in [1.807, 2.05) is 32.6 Å². The van der Waals surface area contributed by atoms with Gasteiger partial charge in [0.2, 0.25) is 47.3 Å². The fraction of sp³-hybridized carbons (Fsp3) is 0.577. The number of nitrogens with one attached hydrogen (secondary N) is 10. The molecule has 0 saturated carbocycles. The molecule has 0 bridgehead atoms. The van der Waals surface area contributed by atoms with Crippen molar-refractivity contribution in [3.63, 3.8) is 0 Å². The highest BCUT2D eigenvalue weighted by Crippen LogP contribution is 2.09. The van der Waals surface area contributed by atoms with E-state index in [-0.39, 0.29) is 144 Å². The predicted octanol–water partition coefficient (Wildman–Crippen LogP) is -7.22. The molecule has 0 aromatic rings. The summed E-state index contributed by atoms with van der Waals surface area (Å²) in [6.07, 6.45) is -3.71. The first-order valence-electron chi connectivity index (χ1n) is 16.2. The number of hydrogen-bond donors (Lipinski definition) is 18. The van der Waals surface area contributed by atoms with Crippen molar-refractivity contribution >= 4 is 164 Å². The molecule has 0 spiro atoms. The molecule has 10 amide bonds. The van der Waals surface area contributed by atoms with Gasteiger partial charge in [0.25, 0.3) is 11.8 Å². The number of amides is 10. The largest absolute Gasteiger partial charge is 0.370 e. The summed E-state index contributed by atoms with van der Waals surface area (Å²) in [6.45, 7) is 0. The van der Waals surface area contributed by atoms with Crippen molar-refractivity contribution in [3.05, 3.63) is 0 Å². The van der Waals surface area contributed by atoms with Crippen LogP contribution in [0.4, 0.5) is 0 Å². The molecular weight excluding hydrogens is 1020 g/mol. The second-order valence-corrected chi connectivity index (χ2v) is 11.4. The van der Waals surface area contributed by atoms with Crippen LogP contribution in [0.3, 0.4) is 0 Å². The summed E-state index contributed by atoms with van der Waals surface area (Å²) in [5.74, 6) is 21.5. The van der Waals surface area contributed by atoms with Crippen molar-refractivity contribution in [3.8, 4) is 0 Å². The second kappa shape index (κ2) is 44.6. The van der Waals surface area contributed by atoms with E-state index < -0.39 is 115 Å². The zero-order valence-corrected chi connectivity index (χ0v) is 39.4. The lowest BCUT2D eigenvalue weighted by atomic mass is 10.0. The van der Waals surface area contributed by atoms with Crippen molar-refractivity contribution < 1.29 is 47.9 Å². The first kappa shape index (κ1) is 79.4. The third-order valence-electron chi connectivity index (χ3n) is 7.37. The number of guanidine groups is 1. The highest BCUT2D eigenvalue weighted by atomic mass is 35.5. The summed E-state index contributed by atoms with van der Waals surface area (Å²) in [5, 5.41) is 9.33. The van der Waals surface area contributed by atoms with Gasteiger partial charge in [-0.2, -0.15) is 0 Å². The fourth-order valence-electron chi connectivity index (χ4n) is 4.45. The number of nitrogens with zero attached hydrogens (tertiary/aromatic N) is 1. The number of hydrazine groups is 6. The van der Waals surface area contributed by atoms with Crippen LogP contribution in [0.15, 0.2) is 4.99 Å². The van der Waals surface area contributed by atoms with Crippen LogP contribution in [-0.4, -0.2) is 95.2 Å². The van der Waals surface area contributed by atoms with E-state index in [1.54, 1.807) is 0 Å². The first-order valence-corrected chi connectivity index (χ1v) is 16.2. The van der Waals surface area contributed by atoms with Crippen LogP contribution in [-0.2, 0) is 47.9 Å². The minimum Gasteiger partial charge on any atom is -0.370 e. The fourth-order valence-corrected chi connectivity index (χ4v) is 4.45. The summed E-state index contributed by atoms with van der Waals surface area (Å²) in [7, 11) is 0. The molecule has 0 heterocycles. The lowest BCUT2D eigenvalue weighted by Gasteiger charge is -2.24. The number of nitrogens with two attached hydrogens (primary N) is 8. The molecule has 0 radical (unpaired) electrons. The van der Waals surface area contributed by atoms with E-state index in [0.29, 0.717) is 0 Å². The first-order chi connectivity index (χ1) is 26.0. The van der Waals surface area contributed by atoms with E-state index >= 15 is 0 Å². The van der Waals surface area contributed by atoms with Gasteiger partial charge in [0.15, 0.2) is 5.96 Å². The molecule has 0 aliphatic rings. The van der Waals surface area contributed by atoms with Crippen molar-refractivity contribution in [1.82, 2.24) is 53.8 Å². The van der Waals surface area contributed by atoms with Crippen LogP contribution in [0.5, 0.6) is 0 Å². The zero-order valence-electron chi connectivity index (χ0n) is 32.9. The molecular formula is C26H59Cl8N19O10. The third kappa shape index (κ3) is 34.2. The van der Waals surface area contributed by atoms with Gasteiger partial charge < -0.3 is 32.7 Å². The molecule has 26 N–H and O–H groups in total. The molecule has 0 aliphatic carbocycles. The molecule has 5 atom stereocenters. The molecule has 29 nitrogen and oxygen atoms in total. The molecule has 0 aromatic carbocycles. The maximum absolute atomic E-state index is 13.4. The van der Waals surface area contributed by atoms with Crippen molar-refractivity contribution in [1.29, 1.82) is 0 Å². The van der Waals surface area contributed by atoms with Crippen LogP contribution in [0.2, 0.25) is 0 Å². The Balaban J connectivity index is -0.000000521. The Bertz CT molecular complexity index is 1440. The van der Waals surface area contributed by atoms with Gasteiger partial charge in [0, 0.05) is 32.1 Å². The Hall–Kier alpha value is -3.95. The topological polar surface area (TPSA) is 512 Å². The lowest BCUT2D eigenvalue weighted by molar-refractivity contribution is -0.134. The second-order valence-electron chi connectivity index (χ2n) is 11.4. The molecule has 0 fully saturated rings. The number of carbonyl (C=O) groups excluding carboxylic acids is 10. The maximum atomic E-state index is 13.4. The molecule has 0 rings (SSSR count). The van der Waals surface area contributed by atoms with Gasteiger partial charge in [-0.1, -0.05) is 0 Å². The molecule has 374 valence electrons. The minimum absolute atomic E-state index is 0. The van der Waals surface area contributed by atoms with E-state index in [4.69, 9.17) is 46.5 Å². The van der Waals surface area contributed by atoms with E-state index in [2.05, 4.69) is 26.3 Å². The van der Waals surface area contributed by atoms with Crippen molar-refractivity contribution in [2.75, 3.05) is 0 Å². The number of hydrogen-bond acceptors (Lipinski definition) is 17. The molecule has 37 heteroatoms.